The molecule has 3 N–H and O–H groups in total. The first-order valence-electron chi connectivity index (χ1n) is 7.47. The molecule has 20 heavy (non-hydrogen) atoms. The minimum absolute atomic E-state index is 0.00423. The second kappa shape index (κ2) is 7.07. The highest BCUT2D eigenvalue weighted by Gasteiger charge is 2.33. The van der Waals surface area contributed by atoms with E-state index in [9.17, 15) is 9.59 Å². The number of carboxylic acids is 1. The Morgan fingerprint density at radius 1 is 1.30 bits per heavy atom. The Hall–Kier alpha value is -1.10. The van der Waals surface area contributed by atoms with Crippen molar-refractivity contribution in [3.63, 3.8) is 0 Å². The molecular weight excluding hydrogens is 256 g/mol. The number of nitrogens with zero attached hydrogens (tertiary/aromatic N) is 1. The average molecular weight is 284 g/mol. The van der Waals surface area contributed by atoms with Gasteiger partial charge in [-0.15, -0.1) is 0 Å². The molecular formula is C15H28N2O3. The van der Waals surface area contributed by atoms with E-state index >= 15 is 0 Å². The minimum Gasteiger partial charge on any atom is -0.480 e. The average Bonchev–Trinajstić information content (AvgIpc) is 2.84. The van der Waals surface area contributed by atoms with Gasteiger partial charge in [0.2, 0.25) is 5.91 Å². The molecule has 0 aromatic rings. The molecule has 0 aromatic heterocycles. The molecule has 5 heteroatoms. The van der Waals surface area contributed by atoms with Crippen LogP contribution in [0.4, 0.5) is 0 Å². The summed E-state index contributed by atoms with van der Waals surface area (Å²) in [5, 5.41) is 9.06. The number of amides is 1. The normalized spacial score (nSPS) is 18.0. The van der Waals surface area contributed by atoms with Crippen molar-refractivity contribution in [2.24, 2.45) is 17.1 Å². The zero-order chi connectivity index (χ0) is 15.3. The van der Waals surface area contributed by atoms with Crippen molar-refractivity contribution >= 4 is 11.9 Å². The fourth-order valence-corrected chi connectivity index (χ4v) is 2.99. The maximum Gasteiger partial charge on any atom is 0.323 e. The van der Waals surface area contributed by atoms with E-state index in [0.717, 1.165) is 25.7 Å². The molecule has 1 unspecified atom stereocenters. The number of hydrogen-bond acceptors (Lipinski definition) is 3. The highest BCUT2D eigenvalue weighted by atomic mass is 16.4. The third-order valence-corrected chi connectivity index (χ3v) is 3.85. The summed E-state index contributed by atoms with van der Waals surface area (Å²) in [4.78, 5) is 25.3. The molecule has 5 nitrogen and oxygen atoms in total. The molecule has 116 valence electrons. The Kier molecular flexibility index (Phi) is 5.99. The zero-order valence-electron chi connectivity index (χ0n) is 12.9. The van der Waals surface area contributed by atoms with E-state index in [4.69, 9.17) is 10.8 Å². The predicted molar refractivity (Wildman–Crippen MR) is 78.2 cm³/mol. The Morgan fingerprint density at radius 2 is 1.85 bits per heavy atom. The van der Waals surface area contributed by atoms with Crippen LogP contribution in [0, 0.1) is 11.3 Å². The van der Waals surface area contributed by atoms with Gasteiger partial charge in [0.15, 0.2) is 0 Å². The van der Waals surface area contributed by atoms with Crippen molar-refractivity contribution in [2.75, 3.05) is 13.1 Å². The van der Waals surface area contributed by atoms with Crippen molar-refractivity contribution in [3.8, 4) is 0 Å². The summed E-state index contributed by atoms with van der Waals surface area (Å²) in [6.07, 6.45) is 4.64. The van der Waals surface area contributed by atoms with Gasteiger partial charge in [0.25, 0.3) is 0 Å². The van der Waals surface area contributed by atoms with Crippen LogP contribution in [-0.2, 0) is 9.59 Å². The molecule has 1 rings (SSSR count). The molecule has 0 spiro atoms. The van der Waals surface area contributed by atoms with E-state index in [-0.39, 0.29) is 36.4 Å². The van der Waals surface area contributed by atoms with E-state index < -0.39 is 5.97 Å². The van der Waals surface area contributed by atoms with Crippen molar-refractivity contribution in [3.05, 3.63) is 0 Å². The standard InChI is InChI=1S/C15H28N2O3/c1-15(2,3)8-11(9-16)14(20)17(10-13(18)19)12-6-4-5-7-12/h11-12H,4-10,16H2,1-3H3,(H,18,19). The van der Waals surface area contributed by atoms with Crippen molar-refractivity contribution in [1.82, 2.24) is 4.90 Å². The number of aliphatic carboxylic acids is 1. The van der Waals surface area contributed by atoms with Crippen molar-refractivity contribution in [1.29, 1.82) is 0 Å². The molecule has 1 saturated carbocycles. The highest BCUT2D eigenvalue weighted by molar-refractivity contribution is 5.83. The van der Waals surface area contributed by atoms with Crippen LogP contribution in [0.1, 0.15) is 52.9 Å². The lowest BCUT2D eigenvalue weighted by atomic mass is 9.84. The summed E-state index contributed by atoms with van der Waals surface area (Å²) in [5.74, 6) is -1.32. The SMILES string of the molecule is CC(C)(C)CC(CN)C(=O)N(CC(=O)O)C1CCCC1. The van der Waals surface area contributed by atoms with Crippen LogP contribution in [0.5, 0.6) is 0 Å². The molecule has 0 bridgehead atoms. The summed E-state index contributed by atoms with van der Waals surface area (Å²) in [6.45, 7) is 6.28. The number of carboxylic acid groups (broad SMARTS) is 1. The van der Waals surface area contributed by atoms with Gasteiger partial charge in [0.1, 0.15) is 6.54 Å². The quantitative estimate of drug-likeness (QED) is 0.779. The van der Waals surface area contributed by atoms with E-state index in [1.165, 1.54) is 0 Å². The van der Waals surface area contributed by atoms with Gasteiger partial charge in [-0.25, -0.2) is 0 Å². The fourth-order valence-electron chi connectivity index (χ4n) is 2.99. The first kappa shape index (κ1) is 17.0. The summed E-state index contributed by atoms with van der Waals surface area (Å²) in [6, 6.07) is 0.0765. The van der Waals surface area contributed by atoms with Gasteiger partial charge in [0.05, 0.1) is 5.92 Å². The van der Waals surface area contributed by atoms with Gasteiger partial charge in [-0.1, -0.05) is 33.6 Å². The van der Waals surface area contributed by atoms with Crippen molar-refractivity contribution < 1.29 is 14.7 Å². The van der Waals surface area contributed by atoms with Gasteiger partial charge in [-0.3, -0.25) is 9.59 Å². The van der Waals surface area contributed by atoms with Gasteiger partial charge in [-0.2, -0.15) is 0 Å². The van der Waals surface area contributed by atoms with Gasteiger partial charge >= 0.3 is 5.97 Å². The van der Waals surface area contributed by atoms with E-state index in [0.29, 0.717) is 6.42 Å². The molecule has 0 heterocycles. The first-order valence-corrected chi connectivity index (χ1v) is 7.47. The fraction of sp³-hybridized carbons (Fsp3) is 0.867. The van der Waals surface area contributed by atoms with E-state index in [1.807, 2.05) is 0 Å². The van der Waals surface area contributed by atoms with Crippen LogP contribution in [0.25, 0.3) is 0 Å². The number of hydrogen-bond donors (Lipinski definition) is 2. The van der Waals surface area contributed by atoms with Crippen LogP contribution >= 0.6 is 0 Å². The monoisotopic (exact) mass is 284 g/mol. The number of carbonyl (C=O) groups is 2. The molecule has 1 aliphatic carbocycles. The summed E-state index contributed by atoms with van der Waals surface area (Å²) >= 11 is 0. The highest BCUT2D eigenvalue weighted by Crippen LogP contribution is 2.29. The maximum atomic E-state index is 12.7. The molecule has 0 radical (unpaired) electrons. The van der Waals surface area contributed by atoms with Crippen LogP contribution < -0.4 is 5.73 Å². The maximum absolute atomic E-state index is 12.7. The minimum atomic E-state index is -0.947. The van der Waals surface area contributed by atoms with Crippen LogP contribution in [0.2, 0.25) is 0 Å². The first-order chi connectivity index (χ1) is 9.24. The van der Waals surface area contributed by atoms with Gasteiger partial charge < -0.3 is 15.7 Å². The molecule has 0 aromatic carbocycles. The molecule has 1 atom stereocenters. The Morgan fingerprint density at radius 3 is 2.25 bits per heavy atom. The Labute approximate surface area is 121 Å². The van der Waals surface area contributed by atoms with Crippen LogP contribution in [-0.4, -0.2) is 41.0 Å². The smallest absolute Gasteiger partial charge is 0.323 e. The second-order valence-electron chi connectivity index (χ2n) is 7.00. The number of carbonyl (C=O) groups excluding carboxylic acids is 1. The molecule has 1 amide bonds. The van der Waals surface area contributed by atoms with Crippen molar-refractivity contribution in [2.45, 2.75) is 58.9 Å². The van der Waals surface area contributed by atoms with Crippen LogP contribution in [0.15, 0.2) is 0 Å². The number of rotatable bonds is 6. The molecule has 1 fully saturated rings. The van der Waals surface area contributed by atoms with Gasteiger partial charge in [-0.05, 0) is 24.7 Å². The summed E-state index contributed by atoms with van der Waals surface area (Å²) < 4.78 is 0. The Balaban J connectivity index is 2.81. The molecule has 0 aliphatic heterocycles. The third-order valence-electron chi connectivity index (χ3n) is 3.85. The lowest BCUT2D eigenvalue weighted by Crippen LogP contribution is -2.47. The Bertz CT molecular complexity index is 344. The topological polar surface area (TPSA) is 83.6 Å². The third kappa shape index (κ3) is 5.12. The lowest BCUT2D eigenvalue weighted by molar-refractivity contribution is -0.148. The lowest BCUT2D eigenvalue weighted by Gasteiger charge is -2.33. The van der Waals surface area contributed by atoms with Crippen LogP contribution in [0.3, 0.4) is 0 Å². The van der Waals surface area contributed by atoms with Gasteiger partial charge in [0, 0.05) is 12.6 Å². The molecule has 1 aliphatic rings. The zero-order valence-corrected chi connectivity index (χ0v) is 12.9. The van der Waals surface area contributed by atoms with E-state index in [2.05, 4.69) is 20.8 Å². The summed E-state index contributed by atoms with van der Waals surface area (Å²) in [5.41, 5.74) is 5.76. The summed E-state index contributed by atoms with van der Waals surface area (Å²) in [7, 11) is 0. The predicted octanol–water partition coefficient (Wildman–Crippen LogP) is 1.85. The largest absolute Gasteiger partial charge is 0.480 e. The number of nitrogens with two attached hydrogens (primary N) is 1. The second-order valence-corrected chi connectivity index (χ2v) is 7.00. The van der Waals surface area contributed by atoms with E-state index in [1.54, 1.807) is 4.90 Å². The molecule has 0 saturated heterocycles.